The van der Waals surface area contributed by atoms with E-state index in [1.54, 1.807) is 12.4 Å². The van der Waals surface area contributed by atoms with Gasteiger partial charge in [0.2, 0.25) is 5.91 Å². The number of nitrogens with zero attached hydrogens (tertiary/aromatic N) is 3. The van der Waals surface area contributed by atoms with Crippen LogP contribution in [0, 0.1) is 5.92 Å². The van der Waals surface area contributed by atoms with Crippen LogP contribution in [0.5, 0.6) is 0 Å². The van der Waals surface area contributed by atoms with Gasteiger partial charge in [-0.25, -0.2) is 0 Å². The lowest BCUT2D eigenvalue weighted by Crippen LogP contribution is -2.41. The summed E-state index contributed by atoms with van der Waals surface area (Å²) >= 11 is 0. The van der Waals surface area contributed by atoms with Crippen molar-refractivity contribution in [3.8, 4) is 0 Å². The van der Waals surface area contributed by atoms with E-state index < -0.39 is 0 Å². The first-order chi connectivity index (χ1) is 10.8. The Balaban J connectivity index is 1.57. The summed E-state index contributed by atoms with van der Waals surface area (Å²) in [4.78, 5) is 22.9. The number of aromatic nitrogens is 2. The summed E-state index contributed by atoms with van der Waals surface area (Å²) < 4.78 is 0. The third-order valence-corrected chi connectivity index (χ3v) is 4.18. The molecule has 1 aliphatic rings. The Morgan fingerprint density at radius 2 is 2.09 bits per heavy atom. The van der Waals surface area contributed by atoms with E-state index >= 15 is 0 Å². The number of amides is 1. The van der Waals surface area contributed by atoms with Gasteiger partial charge >= 0.3 is 0 Å². The van der Waals surface area contributed by atoms with Crippen LogP contribution in [0.4, 0.5) is 0 Å². The molecule has 0 saturated carbocycles. The molecule has 1 fully saturated rings. The average molecular weight is 295 g/mol. The van der Waals surface area contributed by atoms with Crippen molar-refractivity contribution in [3.05, 3.63) is 60.2 Å². The molecule has 0 aliphatic carbocycles. The maximum Gasteiger partial charge on any atom is 0.226 e. The van der Waals surface area contributed by atoms with Crippen molar-refractivity contribution in [3.63, 3.8) is 0 Å². The Bertz CT molecular complexity index is 600. The molecule has 114 valence electrons. The predicted octanol–water partition coefficient (Wildman–Crippen LogP) is 2.50. The average Bonchev–Trinajstić information content (AvgIpc) is 2.57. The molecule has 0 bridgehead atoms. The van der Waals surface area contributed by atoms with Gasteiger partial charge in [0.15, 0.2) is 0 Å². The second kappa shape index (κ2) is 7.16. The van der Waals surface area contributed by atoms with Crippen LogP contribution in [0.1, 0.15) is 24.1 Å². The summed E-state index contributed by atoms with van der Waals surface area (Å²) in [6.45, 7) is 1.71. The molecule has 2 heterocycles. The molecular weight excluding hydrogens is 274 g/mol. The maximum atomic E-state index is 12.5. The van der Waals surface area contributed by atoms with E-state index in [4.69, 9.17) is 0 Å². The highest BCUT2D eigenvalue weighted by atomic mass is 16.2. The highest BCUT2D eigenvalue weighted by Crippen LogP contribution is 2.20. The highest BCUT2D eigenvalue weighted by Gasteiger charge is 2.24. The van der Waals surface area contributed by atoms with Gasteiger partial charge in [0, 0.05) is 31.7 Å². The molecule has 1 aromatic carbocycles. The van der Waals surface area contributed by atoms with E-state index in [9.17, 15) is 4.79 Å². The highest BCUT2D eigenvalue weighted by molar-refractivity contribution is 5.78. The van der Waals surface area contributed by atoms with Crippen LogP contribution in [0.3, 0.4) is 0 Å². The summed E-state index contributed by atoms with van der Waals surface area (Å²) in [5.41, 5.74) is 2.11. The molecule has 22 heavy (non-hydrogen) atoms. The van der Waals surface area contributed by atoms with E-state index in [1.165, 1.54) is 0 Å². The molecule has 0 N–H and O–H groups in total. The summed E-state index contributed by atoms with van der Waals surface area (Å²) in [5.74, 6) is 0.722. The van der Waals surface area contributed by atoms with Crippen molar-refractivity contribution in [2.24, 2.45) is 5.92 Å². The van der Waals surface area contributed by atoms with Crippen molar-refractivity contribution in [1.82, 2.24) is 14.9 Å². The molecule has 1 saturated heterocycles. The minimum atomic E-state index is 0.232. The van der Waals surface area contributed by atoms with Crippen LogP contribution in [0.2, 0.25) is 0 Å². The Kier molecular flexibility index (Phi) is 4.78. The molecule has 0 spiro atoms. The molecule has 2 aromatic rings. The van der Waals surface area contributed by atoms with Gasteiger partial charge in [-0.1, -0.05) is 30.3 Å². The van der Waals surface area contributed by atoms with Crippen LogP contribution in [-0.2, 0) is 17.6 Å². The lowest BCUT2D eigenvalue weighted by molar-refractivity contribution is -0.132. The number of piperidine rings is 1. The van der Waals surface area contributed by atoms with Crippen LogP contribution in [-0.4, -0.2) is 33.9 Å². The second-order valence-electron chi connectivity index (χ2n) is 5.91. The molecule has 1 atom stereocenters. The number of benzene rings is 1. The van der Waals surface area contributed by atoms with Crippen LogP contribution in [0.25, 0.3) is 0 Å². The fourth-order valence-electron chi connectivity index (χ4n) is 3.07. The Hall–Kier alpha value is -2.23. The summed E-state index contributed by atoms with van der Waals surface area (Å²) in [6.07, 6.45) is 8.89. The Morgan fingerprint density at radius 1 is 1.23 bits per heavy atom. The van der Waals surface area contributed by atoms with Crippen LogP contribution < -0.4 is 0 Å². The molecule has 4 heteroatoms. The van der Waals surface area contributed by atoms with E-state index in [2.05, 4.69) is 9.97 Å². The fourth-order valence-corrected chi connectivity index (χ4v) is 3.07. The number of rotatable bonds is 4. The molecule has 0 unspecified atom stereocenters. The molecule has 3 rings (SSSR count). The molecule has 1 amide bonds. The maximum absolute atomic E-state index is 12.5. The predicted molar refractivity (Wildman–Crippen MR) is 85.2 cm³/mol. The number of carbonyl (C=O) groups excluding carboxylic acids is 1. The minimum absolute atomic E-state index is 0.232. The smallest absolute Gasteiger partial charge is 0.226 e. The van der Waals surface area contributed by atoms with Gasteiger partial charge in [0.05, 0.1) is 12.1 Å². The molecule has 1 aromatic heterocycles. The largest absolute Gasteiger partial charge is 0.342 e. The van der Waals surface area contributed by atoms with Gasteiger partial charge in [0.1, 0.15) is 0 Å². The van der Waals surface area contributed by atoms with Crippen molar-refractivity contribution in [2.45, 2.75) is 25.7 Å². The minimum Gasteiger partial charge on any atom is -0.342 e. The van der Waals surface area contributed by atoms with Gasteiger partial charge in [-0.05, 0) is 30.7 Å². The summed E-state index contributed by atoms with van der Waals surface area (Å²) in [5, 5.41) is 0. The summed E-state index contributed by atoms with van der Waals surface area (Å²) in [7, 11) is 0. The van der Waals surface area contributed by atoms with E-state index in [1.807, 2.05) is 41.4 Å². The topological polar surface area (TPSA) is 46.1 Å². The number of carbonyl (C=O) groups is 1. The standard InChI is InChI=1S/C18H21N3O/c22-18(12-15-5-2-1-3-6-15)21-10-4-7-16(14-21)11-17-13-19-8-9-20-17/h1-3,5-6,8-9,13,16H,4,7,10-12,14H2/t16-/m0/s1. The number of hydrogen-bond acceptors (Lipinski definition) is 3. The fraction of sp³-hybridized carbons (Fsp3) is 0.389. The van der Waals surface area contributed by atoms with E-state index in [0.29, 0.717) is 12.3 Å². The molecule has 4 nitrogen and oxygen atoms in total. The first-order valence-electron chi connectivity index (χ1n) is 7.88. The first-order valence-corrected chi connectivity index (χ1v) is 7.88. The van der Waals surface area contributed by atoms with Crippen molar-refractivity contribution < 1.29 is 4.79 Å². The lowest BCUT2D eigenvalue weighted by atomic mass is 9.93. The van der Waals surface area contributed by atoms with E-state index in [0.717, 1.165) is 43.6 Å². The van der Waals surface area contributed by atoms with Gasteiger partial charge in [-0.3, -0.25) is 14.8 Å². The SMILES string of the molecule is O=C(Cc1ccccc1)N1CCC[C@@H](Cc2cnccn2)C1. The van der Waals surface area contributed by atoms with Gasteiger partial charge in [-0.15, -0.1) is 0 Å². The zero-order chi connectivity index (χ0) is 15.2. The number of hydrogen-bond donors (Lipinski definition) is 0. The lowest BCUT2D eigenvalue weighted by Gasteiger charge is -2.32. The van der Waals surface area contributed by atoms with E-state index in [-0.39, 0.29) is 5.91 Å². The van der Waals surface area contributed by atoms with Gasteiger partial charge < -0.3 is 4.90 Å². The molecule has 1 aliphatic heterocycles. The summed E-state index contributed by atoms with van der Waals surface area (Å²) in [6, 6.07) is 9.97. The van der Waals surface area contributed by atoms with Gasteiger partial charge in [0.25, 0.3) is 0 Å². The van der Waals surface area contributed by atoms with Crippen molar-refractivity contribution >= 4 is 5.91 Å². The van der Waals surface area contributed by atoms with Crippen LogP contribution >= 0.6 is 0 Å². The zero-order valence-corrected chi connectivity index (χ0v) is 12.7. The third kappa shape index (κ3) is 3.91. The zero-order valence-electron chi connectivity index (χ0n) is 12.7. The first kappa shape index (κ1) is 14.7. The normalized spacial score (nSPS) is 18.2. The Labute approximate surface area is 131 Å². The molecule has 0 radical (unpaired) electrons. The number of likely N-dealkylation sites (tertiary alicyclic amines) is 1. The van der Waals surface area contributed by atoms with Crippen molar-refractivity contribution in [2.75, 3.05) is 13.1 Å². The second-order valence-corrected chi connectivity index (χ2v) is 5.91. The monoisotopic (exact) mass is 295 g/mol. The third-order valence-electron chi connectivity index (χ3n) is 4.18. The van der Waals surface area contributed by atoms with Crippen molar-refractivity contribution in [1.29, 1.82) is 0 Å². The Morgan fingerprint density at radius 3 is 2.86 bits per heavy atom. The van der Waals surface area contributed by atoms with Crippen LogP contribution in [0.15, 0.2) is 48.9 Å². The quantitative estimate of drug-likeness (QED) is 0.870. The van der Waals surface area contributed by atoms with Gasteiger partial charge in [-0.2, -0.15) is 0 Å². The molecular formula is C18H21N3O.